The van der Waals surface area contributed by atoms with E-state index in [-0.39, 0.29) is 56.8 Å². The van der Waals surface area contributed by atoms with Crippen LogP contribution in [0.5, 0.6) is 0 Å². The molecule has 13 atom stereocenters. The molecule has 14 heteroatoms. The van der Waals surface area contributed by atoms with Crippen LogP contribution in [0.25, 0.3) is 0 Å². The van der Waals surface area contributed by atoms with Gasteiger partial charge in [0.15, 0.2) is 12.1 Å². The lowest BCUT2D eigenvalue weighted by Crippen LogP contribution is -2.62. The van der Waals surface area contributed by atoms with Crippen LogP contribution in [0.15, 0.2) is 40.5 Å². The first-order chi connectivity index (χ1) is 27.5. The van der Waals surface area contributed by atoms with Crippen molar-refractivity contribution in [3.63, 3.8) is 0 Å². The molecule has 3 aliphatic rings. The van der Waals surface area contributed by atoms with Crippen molar-refractivity contribution in [2.75, 3.05) is 20.3 Å². The van der Waals surface area contributed by atoms with Crippen molar-refractivity contribution >= 4 is 29.1 Å². The Morgan fingerprint density at radius 2 is 1.71 bits per heavy atom. The quantitative estimate of drug-likeness (QED) is 0.196. The summed E-state index contributed by atoms with van der Waals surface area (Å²) in [6.45, 7) is 21.7. The van der Waals surface area contributed by atoms with Crippen molar-refractivity contribution in [1.82, 2.24) is 4.90 Å². The van der Waals surface area contributed by atoms with Crippen molar-refractivity contribution in [2.45, 2.75) is 175 Å². The summed E-state index contributed by atoms with van der Waals surface area (Å²) in [4.78, 5) is 53.9. The van der Waals surface area contributed by atoms with E-state index in [0.29, 0.717) is 17.8 Å². The summed E-state index contributed by atoms with van der Waals surface area (Å²) in [6.07, 6.45) is -4.75. The first-order valence-electron chi connectivity index (χ1n) is 21.3. The lowest BCUT2D eigenvalue weighted by Gasteiger charge is -2.50. The van der Waals surface area contributed by atoms with Gasteiger partial charge in [-0.05, 0) is 86.3 Å². The van der Waals surface area contributed by atoms with Crippen LogP contribution in [0.2, 0.25) is 0 Å². The minimum Gasteiger partial charge on any atom is -0.459 e. The highest BCUT2D eigenvalue weighted by atomic mass is 16.7. The monoisotopic (exact) mass is 830 g/mol. The first kappa shape index (κ1) is 48.6. The maximum Gasteiger partial charge on any atom is 0.316 e. The van der Waals surface area contributed by atoms with Crippen molar-refractivity contribution in [3.05, 3.63) is 35.9 Å². The largest absolute Gasteiger partial charge is 0.459 e. The number of carbonyl (C=O) groups excluding carboxylic acids is 3. The van der Waals surface area contributed by atoms with Gasteiger partial charge in [-0.15, -0.1) is 0 Å². The van der Waals surface area contributed by atoms with Gasteiger partial charge in [-0.3, -0.25) is 19.3 Å². The van der Waals surface area contributed by atoms with E-state index in [1.165, 1.54) is 13.8 Å². The standard InChI is InChI=1S/C45H71N3O11/c1-14-35-45(12,53)40-28(4)36(46-31(7)49)26(2)23-44(11,55-25-33(20-21-54-40)47-56-24-32-18-16-15-17-19-32)39(29(5)37(50)30(6)41(52)58-35)59-42-38(51)34(22-27(3)57-42)48(13)43(8,9)10/h15-19,26-30,34-35,38-40,42,51,53H,14,20-25H2,1-13H3/b46-36+,47-33+/t26-,27-,28+,29+,30-,34+,35-,38-,39-,40-,42+,44-,45-/m1/s1. The number of aliphatic hydroxyl groups excluding tert-OH is 1. The molecule has 332 valence electrons. The van der Waals surface area contributed by atoms with Gasteiger partial charge >= 0.3 is 5.97 Å². The highest BCUT2D eigenvalue weighted by molar-refractivity contribution is 6.00. The Balaban J connectivity index is 1.94. The van der Waals surface area contributed by atoms with Gasteiger partial charge in [0, 0.05) is 42.5 Å². The van der Waals surface area contributed by atoms with E-state index in [0.717, 1.165) is 5.56 Å². The van der Waals surface area contributed by atoms with Crippen LogP contribution in [0.1, 0.15) is 114 Å². The predicted octanol–water partition coefficient (Wildman–Crippen LogP) is 5.68. The third-order valence-corrected chi connectivity index (χ3v) is 12.5. The number of ketones is 1. The molecule has 14 nitrogen and oxygen atoms in total. The summed E-state index contributed by atoms with van der Waals surface area (Å²) in [5.74, 6) is -5.20. The third-order valence-electron chi connectivity index (χ3n) is 12.5. The summed E-state index contributed by atoms with van der Waals surface area (Å²) < 4.78 is 32.7. The Hall–Kier alpha value is -3.11. The number of hydrogen-bond acceptors (Lipinski definition) is 13. The lowest BCUT2D eigenvalue weighted by molar-refractivity contribution is -0.299. The zero-order valence-electron chi connectivity index (χ0n) is 37.6. The molecule has 0 radical (unpaired) electrons. The molecule has 0 unspecified atom stereocenters. The number of ether oxygens (including phenoxy) is 5. The predicted molar refractivity (Wildman–Crippen MR) is 224 cm³/mol. The summed E-state index contributed by atoms with van der Waals surface area (Å²) in [5.41, 5.74) is -1.61. The number of fused-ring (bicyclic) bond motifs is 5. The number of hydrogen-bond donors (Lipinski definition) is 2. The molecule has 0 saturated carbocycles. The fraction of sp³-hybridized carbons (Fsp3) is 0.756. The Morgan fingerprint density at radius 1 is 1.05 bits per heavy atom. The zero-order chi connectivity index (χ0) is 44.0. The normalized spacial score (nSPS) is 38.5. The van der Waals surface area contributed by atoms with Crippen molar-refractivity contribution in [2.24, 2.45) is 33.8 Å². The summed E-state index contributed by atoms with van der Waals surface area (Å²) in [6, 6.07) is 9.27. The molecule has 3 saturated heterocycles. The van der Waals surface area contributed by atoms with Crippen molar-refractivity contribution in [3.8, 4) is 0 Å². The highest BCUT2D eigenvalue weighted by Gasteiger charge is 2.53. The number of rotatable bonds is 7. The maximum atomic E-state index is 14.6. The molecule has 59 heavy (non-hydrogen) atoms. The molecule has 3 heterocycles. The van der Waals surface area contributed by atoms with E-state index < -0.39 is 83.2 Å². The molecular formula is C45H71N3O11. The maximum absolute atomic E-state index is 14.6. The number of carbonyl (C=O) groups is 3. The second-order valence-electron chi connectivity index (χ2n) is 18.4. The van der Waals surface area contributed by atoms with Gasteiger partial charge in [-0.1, -0.05) is 63.2 Å². The summed E-state index contributed by atoms with van der Waals surface area (Å²) in [5, 5.41) is 28.9. The number of amides is 1. The van der Waals surface area contributed by atoms with Gasteiger partial charge < -0.3 is 38.7 Å². The molecule has 2 N–H and O–H groups in total. The fourth-order valence-electron chi connectivity index (χ4n) is 8.91. The molecule has 1 amide bonds. The fourth-order valence-corrected chi connectivity index (χ4v) is 8.91. The summed E-state index contributed by atoms with van der Waals surface area (Å²) >= 11 is 0. The molecular weight excluding hydrogens is 759 g/mol. The van der Waals surface area contributed by atoms with Crippen LogP contribution in [-0.2, 0) is 49.5 Å². The van der Waals surface area contributed by atoms with Crippen LogP contribution in [0, 0.1) is 23.7 Å². The number of benzene rings is 1. The van der Waals surface area contributed by atoms with Crippen LogP contribution in [0.4, 0.5) is 0 Å². The Kier molecular flexibility index (Phi) is 16.6. The minimum atomic E-state index is -1.79. The Bertz CT molecular complexity index is 1640. The number of aliphatic imine (C=N–C) groups is 1. The summed E-state index contributed by atoms with van der Waals surface area (Å²) in [7, 11) is 1.96. The minimum absolute atomic E-state index is 0.0543. The highest BCUT2D eigenvalue weighted by Crippen LogP contribution is 2.40. The Morgan fingerprint density at radius 3 is 2.32 bits per heavy atom. The van der Waals surface area contributed by atoms with E-state index in [2.05, 4.69) is 35.8 Å². The van der Waals surface area contributed by atoms with E-state index in [4.69, 9.17) is 28.5 Å². The molecule has 0 aromatic heterocycles. The van der Waals surface area contributed by atoms with E-state index in [9.17, 15) is 24.6 Å². The molecule has 3 aliphatic heterocycles. The van der Waals surface area contributed by atoms with Gasteiger partial charge in [0.1, 0.15) is 30.3 Å². The van der Waals surface area contributed by atoms with Crippen LogP contribution < -0.4 is 0 Å². The Labute approximate surface area is 351 Å². The molecule has 1 aromatic carbocycles. The van der Waals surface area contributed by atoms with Crippen LogP contribution >= 0.6 is 0 Å². The van der Waals surface area contributed by atoms with Gasteiger partial charge in [0.25, 0.3) is 0 Å². The van der Waals surface area contributed by atoms with Gasteiger partial charge in [-0.2, -0.15) is 0 Å². The van der Waals surface area contributed by atoms with Crippen LogP contribution in [0.3, 0.4) is 0 Å². The topological polar surface area (TPSA) is 175 Å². The molecule has 0 spiro atoms. The second kappa shape index (κ2) is 20.2. The number of Topliss-reactive ketones (excluding diaryl/α,β-unsaturated/α-hetero) is 1. The van der Waals surface area contributed by atoms with Crippen molar-refractivity contribution in [1.29, 1.82) is 0 Å². The SMILES string of the molecule is CC[C@H]1OC(=O)[C@H](C)C(=O)[C@H](C)[C@@H](O[C@@H]2O[C@H](C)C[C@H](N(C)C(C)(C)C)[C@H]2O)[C@@]2(C)C[C@@H](C)/C(=N\C(C)=O)[C@H](C)[C@@H](OCC/C(=N\OCc3ccccc3)CO2)[C@]1(C)O. The van der Waals surface area contributed by atoms with E-state index in [1.807, 2.05) is 65.1 Å². The van der Waals surface area contributed by atoms with E-state index >= 15 is 0 Å². The third kappa shape index (κ3) is 11.8. The molecule has 3 fully saturated rings. The molecule has 0 aliphatic carbocycles. The lowest BCUT2D eigenvalue weighted by atomic mass is 9.73. The second-order valence-corrected chi connectivity index (χ2v) is 18.4. The number of esters is 1. The van der Waals surface area contributed by atoms with Crippen LogP contribution in [-0.4, -0.2) is 124 Å². The number of likely N-dealkylation sites (N-methyl/N-ethyl adjacent to an activating group) is 1. The van der Waals surface area contributed by atoms with Gasteiger partial charge in [0.2, 0.25) is 5.91 Å². The average Bonchev–Trinajstić information content (AvgIpc) is 3.17. The van der Waals surface area contributed by atoms with Gasteiger partial charge in [0.05, 0.1) is 42.8 Å². The average molecular weight is 830 g/mol. The molecule has 4 rings (SSSR count). The molecule has 2 bridgehead atoms. The smallest absolute Gasteiger partial charge is 0.316 e. The first-order valence-corrected chi connectivity index (χ1v) is 21.3. The molecule has 1 aromatic rings. The number of cyclic esters (lactones) is 1. The number of aliphatic hydroxyl groups is 2. The van der Waals surface area contributed by atoms with Crippen molar-refractivity contribution < 1.29 is 53.1 Å². The number of nitrogens with zero attached hydrogens (tertiary/aromatic N) is 3. The zero-order valence-corrected chi connectivity index (χ0v) is 37.6. The van der Waals surface area contributed by atoms with E-state index in [1.54, 1.807) is 20.8 Å². The number of oxime groups is 1. The van der Waals surface area contributed by atoms with Gasteiger partial charge in [-0.25, -0.2) is 4.99 Å².